The van der Waals surface area contributed by atoms with Crippen LogP contribution in [0.25, 0.3) is 0 Å². The number of ether oxygens (including phenoxy) is 1. The summed E-state index contributed by atoms with van der Waals surface area (Å²) in [6.07, 6.45) is 1.41. The van der Waals surface area contributed by atoms with Crippen LogP contribution >= 0.6 is 0 Å². The van der Waals surface area contributed by atoms with Crippen LogP contribution in [0.1, 0.15) is 24.5 Å². The SMILES string of the molecule is C[C@H](CO)OC[C@H](Cc1ccc(O)cc1)NC(=O)CCc1ccccc1. The molecule has 0 saturated carbocycles. The molecule has 0 bridgehead atoms. The van der Waals surface area contributed by atoms with Gasteiger partial charge in [0.2, 0.25) is 5.91 Å². The smallest absolute Gasteiger partial charge is 0.220 e. The lowest BCUT2D eigenvalue weighted by Crippen LogP contribution is -2.41. The van der Waals surface area contributed by atoms with E-state index < -0.39 is 0 Å². The molecule has 26 heavy (non-hydrogen) atoms. The summed E-state index contributed by atoms with van der Waals surface area (Å²) in [5.41, 5.74) is 2.12. The standard InChI is InChI=1S/C21H27NO4/c1-16(14-23)26-15-19(13-18-7-10-20(24)11-8-18)22-21(25)12-9-17-5-3-2-4-6-17/h2-8,10-11,16,19,23-24H,9,12-15H2,1H3,(H,22,25)/t16-,19+/m1/s1. The summed E-state index contributed by atoms with van der Waals surface area (Å²) >= 11 is 0. The number of amides is 1. The van der Waals surface area contributed by atoms with Crippen molar-refractivity contribution in [3.63, 3.8) is 0 Å². The Hall–Kier alpha value is -2.37. The molecule has 0 aliphatic rings. The molecule has 2 aromatic rings. The molecular weight excluding hydrogens is 330 g/mol. The Morgan fingerprint density at radius 3 is 2.42 bits per heavy atom. The van der Waals surface area contributed by atoms with Crippen LogP contribution < -0.4 is 5.32 Å². The Balaban J connectivity index is 1.91. The van der Waals surface area contributed by atoms with E-state index >= 15 is 0 Å². The number of rotatable bonds is 10. The van der Waals surface area contributed by atoms with Crippen molar-refractivity contribution >= 4 is 5.91 Å². The highest BCUT2D eigenvalue weighted by Gasteiger charge is 2.15. The van der Waals surface area contributed by atoms with Gasteiger partial charge in [0.25, 0.3) is 0 Å². The fraction of sp³-hybridized carbons (Fsp3) is 0.381. The van der Waals surface area contributed by atoms with Crippen molar-refractivity contribution in [2.24, 2.45) is 0 Å². The van der Waals surface area contributed by atoms with Crippen molar-refractivity contribution in [1.29, 1.82) is 0 Å². The minimum absolute atomic E-state index is 0.0297. The number of aliphatic hydroxyl groups excluding tert-OH is 1. The minimum Gasteiger partial charge on any atom is -0.508 e. The number of benzene rings is 2. The van der Waals surface area contributed by atoms with Gasteiger partial charge in [-0.3, -0.25) is 4.79 Å². The predicted molar refractivity (Wildman–Crippen MR) is 101 cm³/mol. The van der Waals surface area contributed by atoms with E-state index in [9.17, 15) is 9.90 Å². The number of hydrogen-bond donors (Lipinski definition) is 3. The van der Waals surface area contributed by atoms with Crippen molar-refractivity contribution in [1.82, 2.24) is 5.32 Å². The third-order valence-corrected chi connectivity index (χ3v) is 4.11. The Labute approximate surface area is 154 Å². The van der Waals surface area contributed by atoms with Crippen LogP contribution in [-0.4, -0.2) is 41.5 Å². The Bertz CT molecular complexity index is 657. The summed E-state index contributed by atoms with van der Waals surface area (Å²) in [6.45, 7) is 2.04. The summed E-state index contributed by atoms with van der Waals surface area (Å²) in [5.74, 6) is 0.181. The number of aryl methyl sites for hydroxylation is 1. The highest BCUT2D eigenvalue weighted by atomic mass is 16.5. The first-order valence-corrected chi connectivity index (χ1v) is 8.90. The number of aliphatic hydroxyl groups is 1. The van der Waals surface area contributed by atoms with Gasteiger partial charge in [-0.2, -0.15) is 0 Å². The van der Waals surface area contributed by atoms with Crippen molar-refractivity contribution < 1.29 is 19.7 Å². The van der Waals surface area contributed by atoms with Crippen LogP contribution in [-0.2, 0) is 22.4 Å². The lowest BCUT2D eigenvalue weighted by atomic mass is 10.1. The number of aromatic hydroxyl groups is 1. The maximum Gasteiger partial charge on any atom is 0.220 e. The summed E-state index contributed by atoms with van der Waals surface area (Å²) in [7, 11) is 0. The fourth-order valence-corrected chi connectivity index (χ4v) is 2.60. The Morgan fingerprint density at radius 1 is 1.08 bits per heavy atom. The zero-order valence-electron chi connectivity index (χ0n) is 15.1. The largest absolute Gasteiger partial charge is 0.508 e. The van der Waals surface area contributed by atoms with Crippen molar-refractivity contribution in [3.8, 4) is 5.75 Å². The summed E-state index contributed by atoms with van der Waals surface area (Å²) in [6, 6.07) is 16.6. The van der Waals surface area contributed by atoms with Crippen LogP contribution in [0.3, 0.4) is 0 Å². The molecular formula is C21H27NO4. The van der Waals surface area contributed by atoms with Gasteiger partial charge >= 0.3 is 0 Å². The van der Waals surface area contributed by atoms with E-state index in [-0.39, 0.29) is 30.4 Å². The molecule has 2 aromatic carbocycles. The average molecular weight is 357 g/mol. The van der Waals surface area contributed by atoms with Gasteiger partial charge in [0.05, 0.1) is 25.4 Å². The van der Waals surface area contributed by atoms with Crippen LogP contribution in [0.4, 0.5) is 0 Å². The molecule has 0 aliphatic heterocycles. The number of nitrogens with one attached hydrogen (secondary N) is 1. The second kappa shape index (κ2) is 10.6. The van der Waals surface area contributed by atoms with Gasteiger partial charge in [0.1, 0.15) is 5.75 Å². The lowest BCUT2D eigenvalue weighted by Gasteiger charge is -2.21. The van der Waals surface area contributed by atoms with Gasteiger partial charge < -0.3 is 20.3 Å². The molecule has 0 aliphatic carbocycles. The van der Waals surface area contributed by atoms with Crippen molar-refractivity contribution in [2.75, 3.05) is 13.2 Å². The van der Waals surface area contributed by atoms with Crippen molar-refractivity contribution in [2.45, 2.75) is 38.3 Å². The van der Waals surface area contributed by atoms with E-state index in [0.717, 1.165) is 11.1 Å². The second-order valence-corrected chi connectivity index (χ2v) is 6.45. The number of carbonyl (C=O) groups excluding carboxylic acids is 1. The molecule has 5 heteroatoms. The first kappa shape index (κ1) is 19.9. The summed E-state index contributed by atoms with van der Waals surface area (Å²) in [4.78, 5) is 12.3. The maximum atomic E-state index is 12.3. The molecule has 0 fully saturated rings. The van der Waals surface area contributed by atoms with Crippen LogP contribution in [0.2, 0.25) is 0 Å². The first-order chi connectivity index (χ1) is 12.6. The number of phenolic OH excluding ortho intramolecular Hbond substituents is 1. The average Bonchev–Trinajstić information content (AvgIpc) is 2.66. The number of hydrogen-bond acceptors (Lipinski definition) is 4. The van der Waals surface area contributed by atoms with Crippen LogP contribution in [0.15, 0.2) is 54.6 Å². The normalized spacial score (nSPS) is 13.2. The van der Waals surface area contributed by atoms with Gasteiger partial charge in [-0.1, -0.05) is 42.5 Å². The lowest BCUT2D eigenvalue weighted by molar-refractivity contribution is -0.122. The topological polar surface area (TPSA) is 78.8 Å². The van der Waals surface area contributed by atoms with E-state index in [1.165, 1.54) is 0 Å². The fourth-order valence-electron chi connectivity index (χ4n) is 2.60. The zero-order chi connectivity index (χ0) is 18.8. The molecule has 140 valence electrons. The molecule has 0 radical (unpaired) electrons. The predicted octanol–water partition coefficient (Wildman–Crippen LogP) is 2.45. The molecule has 2 rings (SSSR count). The highest BCUT2D eigenvalue weighted by molar-refractivity contribution is 5.76. The van der Waals surface area contributed by atoms with E-state index in [0.29, 0.717) is 25.9 Å². The van der Waals surface area contributed by atoms with Crippen molar-refractivity contribution in [3.05, 3.63) is 65.7 Å². The van der Waals surface area contributed by atoms with E-state index in [1.54, 1.807) is 19.1 Å². The molecule has 0 unspecified atom stereocenters. The Morgan fingerprint density at radius 2 is 1.77 bits per heavy atom. The summed E-state index contributed by atoms with van der Waals surface area (Å²) < 4.78 is 5.60. The van der Waals surface area contributed by atoms with Gasteiger partial charge in [-0.25, -0.2) is 0 Å². The zero-order valence-corrected chi connectivity index (χ0v) is 15.1. The van der Waals surface area contributed by atoms with E-state index in [4.69, 9.17) is 9.84 Å². The Kier molecular flexibility index (Phi) is 8.12. The molecule has 3 N–H and O–H groups in total. The third-order valence-electron chi connectivity index (χ3n) is 4.11. The van der Waals surface area contributed by atoms with Gasteiger partial charge in [0, 0.05) is 6.42 Å². The van der Waals surface area contributed by atoms with E-state index in [2.05, 4.69) is 5.32 Å². The maximum absolute atomic E-state index is 12.3. The quantitative estimate of drug-likeness (QED) is 0.610. The minimum atomic E-state index is -0.279. The van der Waals surface area contributed by atoms with Crippen LogP contribution in [0.5, 0.6) is 5.75 Å². The second-order valence-electron chi connectivity index (χ2n) is 6.45. The molecule has 1 amide bonds. The monoisotopic (exact) mass is 357 g/mol. The third kappa shape index (κ3) is 7.25. The van der Waals surface area contributed by atoms with E-state index in [1.807, 2.05) is 42.5 Å². The molecule has 5 nitrogen and oxygen atoms in total. The van der Waals surface area contributed by atoms with Gasteiger partial charge in [0.15, 0.2) is 0 Å². The molecule has 0 aromatic heterocycles. The first-order valence-electron chi connectivity index (χ1n) is 8.90. The summed E-state index contributed by atoms with van der Waals surface area (Å²) in [5, 5.41) is 21.5. The molecule has 0 spiro atoms. The molecule has 0 heterocycles. The van der Waals surface area contributed by atoms with Gasteiger partial charge in [-0.15, -0.1) is 0 Å². The number of carbonyl (C=O) groups is 1. The van der Waals surface area contributed by atoms with Gasteiger partial charge in [-0.05, 0) is 43.0 Å². The molecule has 2 atom stereocenters. The highest BCUT2D eigenvalue weighted by Crippen LogP contribution is 2.12. The molecule has 0 saturated heterocycles. The van der Waals surface area contributed by atoms with Crippen LogP contribution in [0, 0.1) is 0 Å². The number of phenols is 1.